The van der Waals surface area contributed by atoms with E-state index in [2.05, 4.69) is 9.97 Å². The van der Waals surface area contributed by atoms with Crippen LogP contribution in [0, 0.1) is 5.82 Å². The number of amides is 1. The van der Waals surface area contributed by atoms with Crippen molar-refractivity contribution in [1.82, 2.24) is 14.9 Å². The van der Waals surface area contributed by atoms with Crippen molar-refractivity contribution in [2.45, 2.75) is 6.04 Å². The van der Waals surface area contributed by atoms with Crippen LogP contribution >= 0.6 is 23.2 Å². The topological polar surface area (TPSA) is 58.2 Å². The molecule has 0 unspecified atom stereocenters. The number of H-pyrrole nitrogens is 1. The van der Waals surface area contributed by atoms with Gasteiger partial charge in [0, 0.05) is 11.9 Å². The third kappa shape index (κ3) is 3.16. The number of fused-ring (bicyclic) bond motifs is 1. The number of aromatic amines is 1. The van der Waals surface area contributed by atoms with Gasteiger partial charge in [0.1, 0.15) is 22.3 Å². The first kappa shape index (κ1) is 17.3. The first-order valence-electron chi connectivity index (χ1n) is 8.02. The standard InChI is InChI=1S/C18H14Cl2FN3O2/c19-12-7-10(1-3-13(12)21)15-9-26-6-5-24(15)18(25)14-8-11-2-4-16(20)23-17(11)22-14/h1-4,7-8,15H,5-6,9H2,(H,22,23)/t15-/m1/s1. The van der Waals surface area contributed by atoms with E-state index in [1.807, 2.05) is 0 Å². The smallest absolute Gasteiger partial charge is 0.271 e. The fraction of sp³-hybridized carbons (Fsp3) is 0.222. The maximum Gasteiger partial charge on any atom is 0.271 e. The van der Waals surface area contributed by atoms with E-state index in [9.17, 15) is 9.18 Å². The Morgan fingerprint density at radius 1 is 1.27 bits per heavy atom. The van der Waals surface area contributed by atoms with Crippen molar-refractivity contribution < 1.29 is 13.9 Å². The van der Waals surface area contributed by atoms with Gasteiger partial charge in [0.15, 0.2) is 0 Å². The number of morpholine rings is 1. The van der Waals surface area contributed by atoms with Gasteiger partial charge < -0.3 is 14.6 Å². The SMILES string of the molecule is O=C(c1cc2ccc(Cl)nc2[nH]1)N1CCOC[C@@H]1c1ccc(F)c(Cl)c1. The minimum absolute atomic E-state index is 0.0185. The Hall–Kier alpha value is -2.15. The molecule has 1 atom stereocenters. The second kappa shape index (κ2) is 6.87. The molecule has 1 aromatic carbocycles. The number of benzene rings is 1. The van der Waals surface area contributed by atoms with Crippen LogP contribution in [0.15, 0.2) is 36.4 Å². The lowest BCUT2D eigenvalue weighted by molar-refractivity contribution is -0.00297. The van der Waals surface area contributed by atoms with Gasteiger partial charge in [-0.25, -0.2) is 9.37 Å². The molecule has 1 aliphatic rings. The number of nitrogens with zero attached hydrogens (tertiary/aromatic N) is 2. The second-order valence-corrected chi connectivity index (χ2v) is 6.81. The first-order chi connectivity index (χ1) is 12.5. The molecule has 1 amide bonds. The van der Waals surface area contributed by atoms with Crippen molar-refractivity contribution in [3.63, 3.8) is 0 Å². The van der Waals surface area contributed by atoms with Gasteiger partial charge in [0.2, 0.25) is 0 Å². The molecule has 0 saturated carbocycles. The Labute approximate surface area is 158 Å². The molecule has 3 aromatic rings. The van der Waals surface area contributed by atoms with E-state index in [1.165, 1.54) is 12.1 Å². The van der Waals surface area contributed by atoms with Gasteiger partial charge in [0.25, 0.3) is 5.91 Å². The molecule has 134 valence electrons. The average Bonchev–Trinajstić information content (AvgIpc) is 3.06. The van der Waals surface area contributed by atoms with E-state index < -0.39 is 5.82 Å². The van der Waals surface area contributed by atoms with Crippen molar-refractivity contribution in [2.75, 3.05) is 19.8 Å². The molecule has 0 spiro atoms. The minimum atomic E-state index is -0.497. The summed E-state index contributed by atoms with van der Waals surface area (Å²) in [5.74, 6) is -0.684. The van der Waals surface area contributed by atoms with Crippen molar-refractivity contribution in [2.24, 2.45) is 0 Å². The number of pyridine rings is 1. The monoisotopic (exact) mass is 393 g/mol. The maximum absolute atomic E-state index is 13.5. The Balaban J connectivity index is 1.68. The molecule has 1 N–H and O–H groups in total. The number of carbonyl (C=O) groups is 1. The van der Waals surface area contributed by atoms with Gasteiger partial charge in [-0.1, -0.05) is 29.3 Å². The average molecular weight is 394 g/mol. The summed E-state index contributed by atoms with van der Waals surface area (Å²) in [7, 11) is 0. The summed E-state index contributed by atoms with van der Waals surface area (Å²) >= 11 is 11.8. The first-order valence-corrected chi connectivity index (χ1v) is 8.77. The number of nitrogens with one attached hydrogen (secondary N) is 1. The van der Waals surface area contributed by atoms with Crippen LogP contribution in [0.1, 0.15) is 22.1 Å². The van der Waals surface area contributed by atoms with Gasteiger partial charge >= 0.3 is 0 Å². The van der Waals surface area contributed by atoms with Crippen LogP contribution in [0.2, 0.25) is 10.2 Å². The summed E-state index contributed by atoms with van der Waals surface area (Å²) in [5.41, 5.74) is 1.69. The summed E-state index contributed by atoms with van der Waals surface area (Å²) in [6.07, 6.45) is 0. The van der Waals surface area contributed by atoms with E-state index in [4.69, 9.17) is 27.9 Å². The number of hydrogen-bond donors (Lipinski definition) is 1. The van der Waals surface area contributed by atoms with Crippen molar-refractivity contribution in [1.29, 1.82) is 0 Å². The van der Waals surface area contributed by atoms with Crippen LogP contribution in [-0.4, -0.2) is 40.5 Å². The van der Waals surface area contributed by atoms with E-state index in [-0.39, 0.29) is 17.0 Å². The molecule has 3 heterocycles. The number of ether oxygens (including phenoxy) is 1. The Morgan fingerprint density at radius 3 is 2.92 bits per heavy atom. The maximum atomic E-state index is 13.5. The van der Waals surface area contributed by atoms with E-state index in [1.54, 1.807) is 29.2 Å². The summed E-state index contributed by atoms with van der Waals surface area (Å²) in [4.78, 5) is 21.9. The molecular weight excluding hydrogens is 380 g/mol. The third-order valence-electron chi connectivity index (χ3n) is 4.39. The minimum Gasteiger partial charge on any atom is -0.377 e. The normalized spacial score (nSPS) is 17.7. The van der Waals surface area contributed by atoms with Crippen LogP contribution in [0.3, 0.4) is 0 Å². The zero-order valence-electron chi connectivity index (χ0n) is 13.5. The fourth-order valence-corrected chi connectivity index (χ4v) is 3.43. The van der Waals surface area contributed by atoms with E-state index in [0.29, 0.717) is 36.3 Å². The van der Waals surface area contributed by atoms with Crippen molar-refractivity contribution in [3.05, 3.63) is 63.6 Å². The Kier molecular flexibility index (Phi) is 4.56. The summed E-state index contributed by atoms with van der Waals surface area (Å²) < 4.78 is 19.0. The van der Waals surface area contributed by atoms with Crippen LogP contribution in [0.4, 0.5) is 4.39 Å². The molecule has 0 bridgehead atoms. The fourth-order valence-electron chi connectivity index (χ4n) is 3.09. The van der Waals surface area contributed by atoms with Gasteiger partial charge in [-0.3, -0.25) is 4.79 Å². The highest BCUT2D eigenvalue weighted by molar-refractivity contribution is 6.30. The number of carbonyl (C=O) groups excluding carboxylic acids is 1. The molecule has 1 saturated heterocycles. The molecule has 5 nitrogen and oxygen atoms in total. The lowest BCUT2D eigenvalue weighted by Crippen LogP contribution is -2.43. The largest absolute Gasteiger partial charge is 0.377 e. The number of halogens is 3. The molecule has 2 aromatic heterocycles. The predicted molar refractivity (Wildman–Crippen MR) is 97.1 cm³/mol. The molecule has 1 aliphatic heterocycles. The molecule has 0 aliphatic carbocycles. The van der Waals surface area contributed by atoms with Gasteiger partial charge in [-0.15, -0.1) is 0 Å². The predicted octanol–water partition coefficient (Wildman–Crippen LogP) is 4.22. The number of hydrogen-bond acceptors (Lipinski definition) is 3. The highest BCUT2D eigenvalue weighted by Crippen LogP contribution is 2.29. The molecule has 0 radical (unpaired) electrons. The molecular formula is C18H14Cl2FN3O2. The molecule has 4 rings (SSSR count). The van der Waals surface area contributed by atoms with Gasteiger partial charge in [-0.05, 0) is 35.9 Å². The van der Waals surface area contributed by atoms with Gasteiger partial charge in [-0.2, -0.15) is 0 Å². The van der Waals surface area contributed by atoms with Crippen LogP contribution in [0.25, 0.3) is 11.0 Å². The molecule has 8 heteroatoms. The Morgan fingerprint density at radius 2 is 2.12 bits per heavy atom. The summed E-state index contributed by atoms with van der Waals surface area (Å²) in [5, 5.41) is 1.17. The zero-order chi connectivity index (χ0) is 18.3. The lowest BCUT2D eigenvalue weighted by Gasteiger charge is -2.35. The zero-order valence-corrected chi connectivity index (χ0v) is 15.0. The van der Waals surface area contributed by atoms with Crippen LogP contribution < -0.4 is 0 Å². The van der Waals surface area contributed by atoms with Crippen molar-refractivity contribution in [3.8, 4) is 0 Å². The van der Waals surface area contributed by atoms with Crippen LogP contribution in [-0.2, 0) is 4.74 Å². The highest BCUT2D eigenvalue weighted by Gasteiger charge is 2.30. The summed E-state index contributed by atoms with van der Waals surface area (Å²) in [6, 6.07) is 9.31. The number of rotatable bonds is 2. The quantitative estimate of drug-likeness (QED) is 0.663. The van der Waals surface area contributed by atoms with Gasteiger partial charge in [0.05, 0.1) is 24.3 Å². The Bertz CT molecular complexity index is 992. The second-order valence-electron chi connectivity index (χ2n) is 6.02. The molecule has 1 fully saturated rings. The van der Waals surface area contributed by atoms with E-state index >= 15 is 0 Å². The molecule has 26 heavy (non-hydrogen) atoms. The third-order valence-corrected chi connectivity index (χ3v) is 4.89. The van der Waals surface area contributed by atoms with Crippen LogP contribution in [0.5, 0.6) is 0 Å². The lowest BCUT2D eigenvalue weighted by atomic mass is 10.0. The van der Waals surface area contributed by atoms with Crippen molar-refractivity contribution >= 4 is 40.1 Å². The summed E-state index contributed by atoms with van der Waals surface area (Å²) in [6.45, 7) is 1.17. The number of aromatic nitrogens is 2. The van der Waals surface area contributed by atoms with E-state index in [0.717, 1.165) is 10.9 Å². The highest BCUT2D eigenvalue weighted by atomic mass is 35.5.